The van der Waals surface area contributed by atoms with E-state index in [0.29, 0.717) is 31.9 Å². The van der Waals surface area contributed by atoms with E-state index in [2.05, 4.69) is 36.2 Å². The topological polar surface area (TPSA) is 67.7 Å². The number of imidazole rings is 1. The van der Waals surface area contributed by atoms with E-state index in [1.165, 1.54) is 12.0 Å². The summed E-state index contributed by atoms with van der Waals surface area (Å²) < 4.78 is 8.15. The molecule has 0 N–H and O–H groups in total. The van der Waals surface area contributed by atoms with Crippen LogP contribution >= 0.6 is 0 Å². The summed E-state index contributed by atoms with van der Waals surface area (Å²) in [6.07, 6.45) is 6.66. The molecule has 1 aromatic carbocycles. The number of fused-ring (bicyclic) bond motifs is 1. The Labute approximate surface area is 189 Å². The quantitative estimate of drug-likeness (QED) is 0.740. The molecule has 3 aliphatic rings. The van der Waals surface area contributed by atoms with Crippen LogP contribution in [-0.4, -0.2) is 57.3 Å². The average Bonchev–Trinajstić information content (AvgIpc) is 3.27. The number of hydrogen-bond donors (Lipinski definition) is 0. The van der Waals surface area contributed by atoms with Crippen LogP contribution in [0.3, 0.4) is 0 Å². The highest BCUT2D eigenvalue weighted by Crippen LogP contribution is 2.29. The van der Waals surface area contributed by atoms with Gasteiger partial charge in [0, 0.05) is 32.1 Å². The van der Waals surface area contributed by atoms with E-state index in [0.717, 1.165) is 50.0 Å². The minimum atomic E-state index is -0.0417. The third-order valence-corrected chi connectivity index (χ3v) is 7.18. The lowest BCUT2D eigenvalue weighted by Gasteiger charge is -2.35. The SMILES string of the molecule is Cc1ccc(C2Cn3cnc(C(=O)N4CCC(C(=O)N5CCCCC5)CC4)c3CO2)cc1. The number of piperidine rings is 2. The van der Waals surface area contributed by atoms with Gasteiger partial charge in [-0.25, -0.2) is 4.98 Å². The molecule has 0 saturated carbocycles. The third kappa shape index (κ3) is 4.18. The van der Waals surface area contributed by atoms with Crippen LogP contribution in [0.25, 0.3) is 0 Å². The fourth-order valence-electron chi connectivity index (χ4n) is 5.14. The minimum absolute atomic E-state index is 0.0307. The lowest BCUT2D eigenvalue weighted by molar-refractivity contribution is -0.137. The van der Waals surface area contributed by atoms with Crippen molar-refractivity contribution in [2.24, 2.45) is 5.92 Å². The molecule has 4 heterocycles. The zero-order valence-corrected chi connectivity index (χ0v) is 18.8. The largest absolute Gasteiger partial charge is 0.365 e. The molecular formula is C25H32N4O3. The van der Waals surface area contributed by atoms with Crippen molar-refractivity contribution in [1.82, 2.24) is 19.4 Å². The van der Waals surface area contributed by atoms with Gasteiger partial charge in [-0.1, -0.05) is 29.8 Å². The minimum Gasteiger partial charge on any atom is -0.365 e. The van der Waals surface area contributed by atoms with Crippen LogP contribution in [0, 0.1) is 12.8 Å². The molecule has 2 amide bonds. The molecule has 1 unspecified atom stereocenters. The number of aryl methyl sites for hydroxylation is 1. The summed E-state index contributed by atoms with van der Waals surface area (Å²) in [4.78, 5) is 34.3. The summed E-state index contributed by atoms with van der Waals surface area (Å²) in [5, 5.41) is 0. The maximum absolute atomic E-state index is 13.2. The second-order valence-corrected chi connectivity index (χ2v) is 9.35. The summed E-state index contributed by atoms with van der Waals surface area (Å²) in [7, 11) is 0. The van der Waals surface area contributed by atoms with E-state index >= 15 is 0 Å². The van der Waals surface area contributed by atoms with E-state index < -0.39 is 0 Å². The van der Waals surface area contributed by atoms with E-state index in [1.54, 1.807) is 6.33 Å². The van der Waals surface area contributed by atoms with Gasteiger partial charge in [-0.2, -0.15) is 0 Å². The molecule has 2 saturated heterocycles. The fourth-order valence-corrected chi connectivity index (χ4v) is 5.14. The van der Waals surface area contributed by atoms with Gasteiger partial charge in [-0.3, -0.25) is 9.59 Å². The molecule has 32 heavy (non-hydrogen) atoms. The van der Waals surface area contributed by atoms with Gasteiger partial charge >= 0.3 is 0 Å². The summed E-state index contributed by atoms with van der Waals surface area (Å²) in [5.74, 6) is 0.290. The highest BCUT2D eigenvalue weighted by molar-refractivity contribution is 5.93. The van der Waals surface area contributed by atoms with Crippen molar-refractivity contribution >= 4 is 11.8 Å². The lowest BCUT2D eigenvalue weighted by Crippen LogP contribution is -2.46. The smallest absolute Gasteiger partial charge is 0.274 e. The van der Waals surface area contributed by atoms with Crippen LogP contribution in [0.1, 0.15) is 65.5 Å². The van der Waals surface area contributed by atoms with Gasteiger partial charge in [0.2, 0.25) is 5.91 Å². The maximum atomic E-state index is 13.2. The van der Waals surface area contributed by atoms with Crippen molar-refractivity contribution in [2.75, 3.05) is 26.2 Å². The Balaban J connectivity index is 1.20. The second kappa shape index (κ2) is 9.06. The fraction of sp³-hybridized carbons (Fsp3) is 0.560. The number of amides is 2. The van der Waals surface area contributed by atoms with Gasteiger partial charge in [-0.05, 0) is 44.6 Å². The van der Waals surface area contributed by atoms with E-state index in [1.807, 2.05) is 14.4 Å². The molecule has 5 rings (SSSR count). The predicted molar refractivity (Wildman–Crippen MR) is 120 cm³/mol. The molecule has 7 nitrogen and oxygen atoms in total. The third-order valence-electron chi connectivity index (χ3n) is 7.18. The van der Waals surface area contributed by atoms with Crippen LogP contribution < -0.4 is 0 Å². The van der Waals surface area contributed by atoms with E-state index in [4.69, 9.17) is 4.74 Å². The molecule has 0 aliphatic carbocycles. The zero-order valence-electron chi connectivity index (χ0n) is 18.8. The van der Waals surface area contributed by atoms with Gasteiger partial charge < -0.3 is 19.1 Å². The Kier molecular flexibility index (Phi) is 6.00. The molecular weight excluding hydrogens is 404 g/mol. The molecule has 7 heteroatoms. The normalized spacial score (nSPS) is 22.0. The van der Waals surface area contributed by atoms with Crippen molar-refractivity contribution in [1.29, 1.82) is 0 Å². The molecule has 0 spiro atoms. The first-order chi connectivity index (χ1) is 15.6. The standard InChI is InChI=1S/C25H32N4O3/c1-18-5-7-19(8-6-18)22-15-29-17-26-23(21(29)16-32-22)25(31)28-13-9-20(10-14-28)24(30)27-11-3-2-4-12-27/h5-8,17,20,22H,2-4,9-16H2,1H3. The highest BCUT2D eigenvalue weighted by Gasteiger charge is 2.33. The highest BCUT2D eigenvalue weighted by atomic mass is 16.5. The predicted octanol–water partition coefficient (Wildman–Crippen LogP) is 3.33. The first-order valence-corrected chi connectivity index (χ1v) is 11.9. The van der Waals surface area contributed by atoms with Crippen LogP contribution in [0.2, 0.25) is 0 Å². The number of ether oxygens (including phenoxy) is 1. The molecule has 0 bridgehead atoms. The summed E-state index contributed by atoms with van der Waals surface area (Å²) in [6.45, 7) is 6.12. The number of nitrogens with zero attached hydrogens (tertiary/aromatic N) is 4. The summed E-state index contributed by atoms with van der Waals surface area (Å²) in [6, 6.07) is 8.39. The summed E-state index contributed by atoms with van der Waals surface area (Å²) >= 11 is 0. The van der Waals surface area contributed by atoms with Gasteiger partial charge in [0.1, 0.15) is 6.10 Å². The summed E-state index contributed by atoms with van der Waals surface area (Å²) in [5.41, 5.74) is 3.71. The number of carbonyl (C=O) groups is 2. The maximum Gasteiger partial charge on any atom is 0.274 e. The molecule has 2 aromatic rings. The number of hydrogen-bond acceptors (Lipinski definition) is 4. The number of aromatic nitrogens is 2. The Morgan fingerprint density at radius 3 is 2.41 bits per heavy atom. The Morgan fingerprint density at radius 2 is 1.69 bits per heavy atom. The molecule has 1 atom stereocenters. The lowest BCUT2D eigenvalue weighted by atomic mass is 9.94. The molecule has 3 aliphatic heterocycles. The Bertz CT molecular complexity index is 970. The molecule has 170 valence electrons. The van der Waals surface area contributed by atoms with Crippen molar-refractivity contribution in [3.05, 3.63) is 53.1 Å². The van der Waals surface area contributed by atoms with E-state index in [-0.39, 0.29) is 23.8 Å². The second-order valence-electron chi connectivity index (χ2n) is 9.35. The molecule has 2 fully saturated rings. The van der Waals surface area contributed by atoms with Crippen molar-refractivity contribution in [2.45, 2.75) is 58.3 Å². The first-order valence-electron chi connectivity index (χ1n) is 11.9. The van der Waals surface area contributed by atoms with Gasteiger partial charge in [0.25, 0.3) is 5.91 Å². The monoisotopic (exact) mass is 436 g/mol. The van der Waals surface area contributed by atoms with Gasteiger partial charge in [0.05, 0.1) is 25.2 Å². The molecule has 0 radical (unpaired) electrons. The number of benzene rings is 1. The van der Waals surface area contributed by atoms with E-state index in [9.17, 15) is 9.59 Å². The van der Waals surface area contributed by atoms with Crippen molar-refractivity contribution in [3.8, 4) is 0 Å². The average molecular weight is 437 g/mol. The van der Waals surface area contributed by atoms with Crippen LogP contribution in [0.15, 0.2) is 30.6 Å². The van der Waals surface area contributed by atoms with Crippen molar-refractivity contribution < 1.29 is 14.3 Å². The van der Waals surface area contributed by atoms with Gasteiger partial charge in [0.15, 0.2) is 5.69 Å². The number of likely N-dealkylation sites (tertiary alicyclic amines) is 2. The van der Waals surface area contributed by atoms with Gasteiger partial charge in [-0.15, -0.1) is 0 Å². The first kappa shape index (κ1) is 21.2. The van der Waals surface area contributed by atoms with Crippen LogP contribution in [0.4, 0.5) is 0 Å². The zero-order chi connectivity index (χ0) is 22.1. The Hall–Kier alpha value is -2.67. The molecule has 1 aromatic heterocycles. The van der Waals surface area contributed by atoms with Crippen molar-refractivity contribution in [3.63, 3.8) is 0 Å². The van der Waals surface area contributed by atoms with Crippen LogP contribution in [-0.2, 0) is 22.7 Å². The number of carbonyl (C=O) groups excluding carboxylic acids is 2. The Morgan fingerprint density at radius 1 is 0.969 bits per heavy atom. The number of rotatable bonds is 3. The van der Waals surface area contributed by atoms with Crippen LogP contribution in [0.5, 0.6) is 0 Å².